The molecular formula is C19H19N5O2. The minimum Gasteiger partial charge on any atom is -0.497 e. The van der Waals surface area contributed by atoms with Crippen LogP contribution in [0.15, 0.2) is 42.5 Å². The van der Waals surface area contributed by atoms with Crippen molar-refractivity contribution >= 4 is 11.6 Å². The third kappa shape index (κ3) is 2.67. The molecule has 0 aliphatic carbocycles. The molecule has 2 aromatic carbocycles. The Hall–Kier alpha value is -3.35. The van der Waals surface area contributed by atoms with E-state index in [2.05, 4.69) is 33.0 Å². The number of nitrogens with zero attached hydrogens (tertiary/aromatic N) is 2. The van der Waals surface area contributed by atoms with E-state index in [0.717, 1.165) is 29.0 Å². The molecule has 3 aromatic rings. The minimum absolute atomic E-state index is 0.122. The summed E-state index contributed by atoms with van der Waals surface area (Å²) in [6, 6.07) is 13.3. The standard InChI is InChI=1S/C19H19N5O2/c1-3-11-5-4-6-14-15(11)20-18(21-19(14)25)17-16(22-24-23-17)12-7-9-13(26-2)10-8-12/h4-10,18,20H,3H2,1-2H3,(H,21,25)(H,22,23,24). The predicted molar refractivity (Wildman–Crippen MR) is 98.0 cm³/mol. The first-order valence-corrected chi connectivity index (χ1v) is 8.45. The summed E-state index contributed by atoms with van der Waals surface area (Å²) in [5.41, 5.74) is 4.81. The van der Waals surface area contributed by atoms with E-state index in [1.165, 1.54) is 0 Å². The first-order valence-electron chi connectivity index (χ1n) is 8.45. The fourth-order valence-electron chi connectivity index (χ4n) is 3.18. The highest BCUT2D eigenvalue weighted by Crippen LogP contribution is 2.32. The van der Waals surface area contributed by atoms with Crippen LogP contribution in [0.4, 0.5) is 5.69 Å². The number of carbonyl (C=O) groups excluding carboxylic acids is 1. The summed E-state index contributed by atoms with van der Waals surface area (Å²) in [7, 11) is 1.63. The molecule has 0 spiro atoms. The van der Waals surface area contributed by atoms with Crippen LogP contribution in [0, 0.1) is 0 Å². The molecule has 0 radical (unpaired) electrons. The maximum atomic E-state index is 12.6. The third-order valence-corrected chi connectivity index (χ3v) is 4.55. The number of hydrogen-bond donors (Lipinski definition) is 3. The van der Waals surface area contributed by atoms with Crippen LogP contribution in [0.2, 0.25) is 0 Å². The highest BCUT2D eigenvalue weighted by Gasteiger charge is 2.29. The van der Waals surface area contributed by atoms with E-state index in [9.17, 15) is 4.79 Å². The number of carbonyl (C=O) groups is 1. The Bertz CT molecular complexity index is 949. The third-order valence-electron chi connectivity index (χ3n) is 4.55. The number of ether oxygens (including phenoxy) is 1. The molecule has 2 heterocycles. The molecular weight excluding hydrogens is 330 g/mol. The van der Waals surface area contributed by atoms with Gasteiger partial charge in [0.15, 0.2) is 0 Å². The Balaban J connectivity index is 1.71. The Morgan fingerprint density at radius 3 is 2.62 bits per heavy atom. The second kappa shape index (κ2) is 6.51. The summed E-state index contributed by atoms with van der Waals surface area (Å²) < 4.78 is 5.20. The van der Waals surface area contributed by atoms with Crippen LogP contribution in [-0.2, 0) is 6.42 Å². The SMILES string of the molecule is CCc1cccc2c1NC(c1n[nH]nc1-c1ccc(OC)cc1)NC2=O. The lowest BCUT2D eigenvalue weighted by atomic mass is 10.0. The van der Waals surface area contributed by atoms with Gasteiger partial charge in [-0.15, -0.1) is 0 Å². The highest BCUT2D eigenvalue weighted by molar-refractivity contribution is 6.02. The number of anilines is 1. The maximum absolute atomic E-state index is 12.6. The summed E-state index contributed by atoms with van der Waals surface area (Å²) in [5, 5.41) is 17.6. The van der Waals surface area contributed by atoms with Crippen LogP contribution in [0.5, 0.6) is 5.75 Å². The van der Waals surface area contributed by atoms with Gasteiger partial charge >= 0.3 is 0 Å². The van der Waals surface area contributed by atoms with Crippen LogP contribution in [0.1, 0.15) is 34.7 Å². The lowest BCUT2D eigenvalue weighted by Crippen LogP contribution is -2.39. The van der Waals surface area contributed by atoms with Crippen LogP contribution in [0.25, 0.3) is 11.3 Å². The van der Waals surface area contributed by atoms with E-state index in [1.807, 2.05) is 42.5 Å². The first-order chi connectivity index (χ1) is 12.7. The average molecular weight is 349 g/mol. The van der Waals surface area contributed by atoms with Gasteiger partial charge in [-0.1, -0.05) is 19.1 Å². The Kier molecular flexibility index (Phi) is 4.04. The average Bonchev–Trinajstić information content (AvgIpc) is 3.17. The lowest BCUT2D eigenvalue weighted by Gasteiger charge is -2.28. The lowest BCUT2D eigenvalue weighted by molar-refractivity contribution is 0.0935. The van der Waals surface area contributed by atoms with Crippen molar-refractivity contribution in [1.82, 2.24) is 20.7 Å². The molecule has 7 heteroatoms. The molecule has 0 saturated carbocycles. The van der Waals surface area contributed by atoms with Gasteiger partial charge in [-0.25, -0.2) is 0 Å². The van der Waals surface area contributed by atoms with E-state index in [1.54, 1.807) is 7.11 Å². The molecule has 7 nitrogen and oxygen atoms in total. The number of para-hydroxylation sites is 1. The second-order valence-electron chi connectivity index (χ2n) is 6.03. The molecule has 0 saturated heterocycles. The number of nitrogens with one attached hydrogen (secondary N) is 3. The topological polar surface area (TPSA) is 91.9 Å². The zero-order chi connectivity index (χ0) is 18.1. The van der Waals surface area contributed by atoms with Gasteiger partial charge in [0.1, 0.15) is 23.3 Å². The number of aryl methyl sites for hydroxylation is 1. The number of hydrogen-bond acceptors (Lipinski definition) is 5. The van der Waals surface area contributed by atoms with Gasteiger partial charge in [-0.3, -0.25) is 4.79 Å². The number of H-pyrrole nitrogens is 1. The van der Waals surface area contributed by atoms with Crippen LogP contribution >= 0.6 is 0 Å². The van der Waals surface area contributed by atoms with E-state index >= 15 is 0 Å². The van der Waals surface area contributed by atoms with Gasteiger partial charge in [-0.05, 0) is 42.3 Å². The summed E-state index contributed by atoms with van der Waals surface area (Å²) in [6.07, 6.45) is 0.374. The zero-order valence-electron chi connectivity index (χ0n) is 14.5. The molecule has 1 amide bonds. The monoisotopic (exact) mass is 349 g/mol. The molecule has 132 valence electrons. The van der Waals surface area contributed by atoms with Crippen molar-refractivity contribution in [2.75, 3.05) is 12.4 Å². The van der Waals surface area contributed by atoms with Crippen molar-refractivity contribution in [3.05, 3.63) is 59.3 Å². The quantitative estimate of drug-likeness (QED) is 0.674. The van der Waals surface area contributed by atoms with Gasteiger partial charge in [0, 0.05) is 5.56 Å². The predicted octanol–water partition coefficient (Wildman–Crippen LogP) is 2.90. The Morgan fingerprint density at radius 1 is 1.08 bits per heavy atom. The Labute approximate surface area is 150 Å². The number of aromatic nitrogens is 3. The molecule has 0 fully saturated rings. The highest BCUT2D eigenvalue weighted by atomic mass is 16.5. The zero-order valence-corrected chi connectivity index (χ0v) is 14.5. The van der Waals surface area contributed by atoms with Crippen LogP contribution < -0.4 is 15.4 Å². The van der Waals surface area contributed by atoms with Gasteiger partial charge in [0.2, 0.25) is 0 Å². The molecule has 26 heavy (non-hydrogen) atoms. The van der Waals surface area contributed by atoms with Crippen molar-refractivity contribution in [2.45, 2.75) is 19.5 Å². The molecule has 1 aliphatic rings. The molecule has 4 rings (SSSR count). The summed E-state index contributed by atoms with van der Waals surface area (Å²) in [5.74, 6) is 0.645. The van der Waals surface area contributed by atoms with Gasteiger partial charge in [-0.2, -0.15) is 15.4 Å². The van der Waals surface area contributed by atoms with E-state index in [-0.39, 0.29) is 5.91 Å². The van der Waals surface area contributed by atoms with Gasteiger partial charge in [0.25, 0.3) is 5.91 Å². The number of amides is 1. The minimum atomic E-state index is -0.460. The van der Waals surface area contributed by atoms with Crippen LogP contribution in [-0.4, -0.2) is 28.4 Å². The summed E-state index contributed by atoms with van der Waals surface area (Å²) in [4.78, 5) is 12.6. The molecule has 1 aromatic heterocycles. The van der Waals surface area contributed by atoms with E-state index < -0.39 is 6.17 Å². The second-order valence-corrected chi connectivity index (χ2v) is 6.03. The van der Waals surface area contributed by atoms with E-state index in [4.69, 9.17) is 4.74 Å². The number of rotatable bonds is 4. The fourth-order valence-corrected chi connectivity index (χ4v) is 3.18. The maximum Gasteiger partial charge on any atom is 0.255 e. The molecule has 1 aliphatic heterocycles. The van der Waals surface area contributed by atoms with Crippen molar-refractivity contribution in [3.8, 4) is 17.0 Å². The number of fused-ring (bicyclic) bond motifs is 1. The fraction of sp³-hybridized carbons (Fsp3) is 0.211. The van der Waals surface area contributed by atoms with Crippen molar-refractivity contribution in [3.63, 3.8) is 0 Å². The molecule has 1 unspecified atom stereocenters. The molecule has 0 bridgehead atoms. The number of methoxy groups -OCH3 is 1. The van der Waals surface area contributed by atoms with E-state index in [0.29, 0.717) is 17.0 Å². The van der Waals surface area contributed by atoms with Crippen molar-refractivity contribution in [1.29, 1.82) is 0 Å². The largest absolute Gasteiger partial charge is 0.497 e. The first kappa shape index (κ1) is 16.1. The number of benzene rings is 2. The molecule has 3 N–H and O–H groups in total. The van der Waals surface area contributed by atoms with Gasteiger partial charge < -0.3 is 15.4 Å². The normalized spacial score (nSPS) is 15.8. The van der Waals surface area contributed by atoms with Gasteiger partial charge in [0.05, 0.1) is 18.4 Å². The summed E-state index contributed by atoms with van der Waals surface area (Å²) >= 11 is 0. The molecule has 1 atom stereocenters. The summed E-state index contributed by atoms with van der Waals surface area (Å²) in [6.45, 7) is 2.07. The van der Waals surface area contributed by atoms with Crippen molar-refractivity contribution < 1.29 is 9.53 Å². The van der Waals surface area contributed by atoms with Crippen molar-refractivity contribution in [2.24, 2.45) is 0 Å². The van der Waals surface area contributed by atoms with Crippen LogP contribution in [0.3, 0.4) is 0 Å². The Morgan fingerprint density at radius 2 is 1.88 bits per heavy atom. The number of aromatic amines is 1. The smallest absolute Gasteiger partial charge is 0.255 e.